The molecule has 144 valence electrons. The Morgan fingerprint density at radius 3 is 2.56 bits per heavy atom. The molecule has 0 fully saturated rings. The van der Waals surface area contributed by atoms with E-state index in [0.717, 1.165) is 18.4 Å². The van der Waals surface area contributed by atoms with Gasteiger partial charge in [0.15, 0.2) is 13.2 Å². The van der Waals surface area contributed by atoms with Crippen LogP contribution < -0.4 is 10.1 Å². The fourth-order valence-corrected chi connectivity index (χ4v) is 2.74. The Balaban J connectivity index is 1.64. The summed E-state index contributed by atoms with van der Waals surface area (Å²) in [5, 5.41) is 3.42. The van der Waals surface area contributed by atoms with Crippen LogP contribution in [0.15, 0.2) is 48.5 Å². The Labute approximate surface area is 164 Å². The van der Waals surface area contributed by atoms with Crippen molar-refractivity contribution in [1.82, 2.24) is 5.32 Å². The average Bonchev–Trinajstić information content (AvgIpc) is 2.65. The number of carbonyl (C=O) groups is 2. The van der Waals surface area contributed by atoms with Gasteiger partial charge < -0.3 is 14.8 Å². The van der Waals surface area contributed by atoms with Crippen LogP contribution in [0.4, 0.5) is 0 Å². The zero-order valence-corrected chi connectivity index (χ0v) is 16.3. The molecule has 0 unspecified atom stereocenters. The molecule has 0 radical (unpaired) electrons. The largest absolute Gasteiger partial charge is 0.482 e. The molecule has 1 amide bonds. The fourth-order valence-electron chi connectivity index (χ4n) is 2.52. The van der Waals surface area contributed by atoms with Crippen LogP contribution in [-0.2, 0) is 20.7 Å². The number of esters is 1. The number of rotatable bonds is 9. The lowest BCUT2D eigenvalue weighted by molar-refractivity contribution is -0.150. The molecule has 2 rings (SSSR count). The number of aryl methyl sites for hydroxylation is 2. The minimum atomic E-state index is -0.601. The van der Waals surface area contributed by atoms with E-state index in [-0.39, 0.29) is 25.2 Å². The van der Waals surface area contributed by atoms with Crippen LogP contribution >= 0.6 is 11.6 Å². The number of hydrogen-bond acceptors (Lipinski definition) is 4. The maximum absolute atomic E-state index is 11.9. The van der Waals surface area contributed by atoms with Crippen molar-refractivity contribution in [2.45, 2.75) is 32.7 Å². The summed E-state index contributed by atoms with van der Waals surface area (Å²) in [6, 6.07) is 15.2. The van der Waals surface area contributed by atoms with E-state index >= 15 is 0 Å². The van der Waals surface area contributed by atoms with Gasteiger partial charge in [0, 0.05) is 11.1 Å². The second-order valence-electron chi connectivity index (χ2n) is 6.35. The molecule has 6 heteroatoms. The van der Waals surface area contributed by atoms with E-state index in [1.165, 1.54) is 5.56 Å². The number of amides is 1. The molecular formula is C21H24ClNO4. The second kappa shape index (κ2) is 10.6. The highest BCUT2D eigenvalue weighted by atomic mass is 35.5. The van der Waals surface area contributed by atoms with Crippen LogP contribution in [0, 0.1) is 6.92 Å². The van der Waals surface area contributed by atoms with Crippen molar-refractivity contribution in [3.63, 3.8) is 0 Å². The van der Waals surface area contributed by atoms with Gasteiger partial charge in [0.25, 0.3) is 5.91 Å². The lowest BCUT2D eigenvalue weighted by Crippen LogP contribution is -2.36. The van der Waals surface area contributed by atoms with Crippen LogP contribution in [0.25, 0.3) is 0 Å². The number of carbonyl (C=O) groups excluding carboxylic acids is 2. The molecule has 0 saturated carbocycles. The maximum Gasteiger partial charge on any atom is 0.344 e. The molecule has 1 atom stereocenters. The molecule has 5 nitrogen and oxygen atoms in total. The standard InChI is InChI=1S/C21H24ClNO4/c1-15-12-18(22)10-11-19(15)26-14-21(25)27-13-20(24)23-16(2)8-9-17-6-4-3-5-7-17/h3-7,10-12,16H,8-9,13-14H2,1-2H3,(H,23,24)/t16-/m0/s1. The van der Waals surface area contributed by atoms with Crippen molar-refractivity contribution in [2.75, 3.05) is 13.2 Å². The number of nitrogens with one attached hydrogen (secondary N) is 1. The highest BCUT2D eigenvalue weighted by Crippen LogP contribution is 2.21. The highest BCUT2D eigenvalue weighted by molar-refractivity contribution is 6.30. The Morgan fingerprint density at radius 1 is 1.11 bits per heavy atom. The minimum absolute atomic E-state index is 0.00984. The molecule has 0 aliphatic heterocycles. The minimum Gasteiger partial charge on any atom is -0.482 e. The van der Waals surface area contributed by atoms with Gasteiger partial charge in [-0.05, 0) is 56.0 Å². The van der Waals surface area contributed by atoms with E-state index < -0.39 is 5.97 Å². The lowest BCUT2D eigenvalue weighted by atomic mass is 10.1. The van der Waals surface area contributed by atoms with E-state index in [9.17, 15) is 9.59 Å². The first kappa shape index (κ1) is 20.8. The van der Waals surface area contributed by atoms with Crippen molar-refractivity contribution in [3.8, 4) is 5.75 Å². The van der Waals surface area contributed by atoms with E-state index in [2.05, 4.69) is 17.4 Å². The molecular weight excluding hydrogens is 366 g/mol. The molecule has 0 aromatic heterocycles. The van der Waals surface area contributed by atoms with Crippen molar-refractivity contribution in [3.05, 3.63) is 64.7 Å². The van der Waals surface area contributed by atoms with Crippen LogP contribution in [0.1, 0.15) is 24.5 Å². The lowest BCUT2D eigenvalue weighted by Gasteiger charge is -2.14. The summed E-state index contributed by atoms with van der Waals surface area (Å²) in [6.07, 6.45) is 1.68. The molecule has 2 aromatic carbocycles. The molecule has 0 spiro atoms. The van der Waals surface area contributed by atoms with E-state index in [4.69, 9.17) is 21.1 Å². The molecule has 27 heavy (non-hydrogen) atoms. The monoisotopic (exact) mass is 389 g/mol. The van der Waals surface area contributed by atoms with Crippen LogP contribution in [0.2, 0.25) is 5.02 Å². The number of halogens is 1. The fraction of sp³-hybridized carbons (Fsp3) is 0.333. The third kappa shape index (κ3) is 7.71. The van der Waals surface area contributed by atoms with Crippen molar-refractivity contribution < 1.29 is 19.1 Å². The number of benzene rings is 2. The summed E-state index contributed by atoms with van der Waals surface area (Å²) in [6.45, 7) is 3.17. The molecule has 0 bridgehead atoms. The SMILES string of the molecule is Cc1cc(Cl)ccc1OCC(=O)OCC(=O)N[C@@H](C)CCc1ccccc1. The van der Waals surface area contributed by atoms with Gasteiger partial charge >= 0.3 is 5.97 Å². The smallest absolute Gasteiger partial charge is 0.344 e. The van der Waals surface area contributed by atoms with E-state index in [1.807, 2.05) is 32.0 Å². The summed E-state index contributed by atoms with van der Waals surface area (Å²) < 4.78 is 10.3. The average molecular weight is 390 g/mol. The van der Waals surface area contributed by atoms with Gasteiger partial charge in [-0.2, -0.15) is 0 Å². The Morgan fingerprint density at radius 2 is 1.85 bits per heavy atom. The molecule has 0 saturated heterocycles. The molecule has 0 aliphatic carbocycles. The summed E-state index contributed by atoms with van der Waals surface area (Å²) in [5.41, 5.74) is 2.04. The highest BCUT2D eigenvalue weighted by Gasteiger charge is 2.12. The van der Waals surface area contributed by atoms with Gasteiger partial charge in [0.2, 0.25) is 0 Å². The topological polar surface area (TPSA) is 64.6 Å². The molecule has 0 heterocycles. The quantitative estimate of drug-likeness (QED) is 0.664. The van der Waals surface area contributed by atoms with Gasteiger partial charge in [0.05, 0.1) is 0 Å². The number of ether oxygens (including phenoxy) is 2. The van der Waals surface area contributed by atoms with Crippen molar-refractivity contribution in [2.24, 2.45) is 0 Å². The Kier molecular flexibility index (Phi) is 8.14. The molecule has 1 N–H and O–H groups in total. The first-order valence-electron chi connectivity index (χ1n) is 8.82. The first-order valence-corrected chi connectivity index (χ1v) is 9.19. The summed E-state index contributed by atoms with van der Waals surface area (Å²) in [7, 11) is 0. The predicted molar refractivity (Wildman–Crippen MR) is 105 cm³/mol. The second-order valence-corrected chi connectivity index (χ2v) is 6.79. The van der Waals surface area contributed by atoms with Gasteiger partial charge in [-0.3, -0.25) is 4.79 Å². The Hall–Kier alpha value is -2.53. The Bertz CT molecular complexity index is 764. The first-order chi connectivity index (χ1) is 12.9. The predicted octanol–water partition coefficient (Wildman–Crippen LogP) is 3.71. The third-order valence-electron chi connectivity index (χ3n) is 3.96. The van der Waals surface area contributed by atoms with Crippen LogP contribution in [-0.4, -0.2) is 31.1 Å². The molecule has 0 aliphatic rings. The van der Waals surface area contributed by atoms with Gasteiger partial charge in [-0.25, -0.2) is 4.79 Å². The normalized spacial score (nSPS) is 11.5. The summed E-state index contributed by atoms with van der Waals surface area (Å²) in [5.74, 6) is -0.377. The zero-order chi connectivity index (χ0) is 19.6. The third-order valence-corrected chi connectivity index (χ3v) is 4.20. The number of hydrogen-bond donors (Lipinski definition) is 1. The van der Waals surface area contributed by atoms with E-state index in [1.54, 1.807) is 18.2 Å². The summed E-state index contributed by atoms with van der Waals surface area (Å²) in [4.78, 5) is 23.6. The van der Waals surface area contributed by atoms with Gasteiger partial charge in [-0.15, -0.1) is 0 Å². The molecule has 2 aromatic rings. The van der Waals surface area contributed by atoms with Crippen LogP contribution in [0.3, 0.4) is 0 Å². The van der Waals surface area contributed by atoms with Crippen LogP contribution in [0.5, 0.6) is 5.75 Å². The maximum atomic E-state index is 11.9. The zero-order valence-electron chi connectivity index (χ0n) is 15.5. The summed E-state index contributed by atoms with van der Waals surface area (Å²) >= 11 is 5.87. The van der Waals surface area contributed by atoms with Crippen molar-refractivity contribution >= 4 is 23.5 Å². The van der Waals surface area contributed by atoms with Gasteiger partial charge in [-0.1, -0.05) is 41.9 Å². The van der Waals surface area contributed by atoms with Gasteiger partial charge in [0.1, 0.15) is 5.75 Å². The van der Waals surface area contributed by atoms with Crippen molar-refractivity contribution in [1.29, 1.82) is 0 Å². The van der Waals surface area contributed by atoms with E-state index in [0.29, 0.717) is 10.8 Å².